The molecule has 0 aliphatic carbocycles. The van der Waals surface area contributed by atoms with Crippen molar-refractivity contribution in [1.82, 2.24) is 0 Å². The summed E-state index contributed by atoms with van der Waals surface area (Å²) in [5.41, 5.74) is 7.70. The number of methoxy groups -OCH3 is 2. The van der Waals surface area contributed by atoms with Gasteiger partial charge in [-0.1, -0.05) is 15.9 Å². The summed E-state index contributed by atoms with van der Waals surface area (Å²) >= 11 is 3.45. The van der Waals surface area contributed by atoms with Gasteiger partial charge in [-0.05, 0) is 18.6 Å². The Kier molecular flexibility index (Phi) is 3.77. The van der Waals surface area contributed by atoms with Crippen LogP contribution >= 0.6 is 15.9 Å². The van der Waals surface area contributed by atoms with Crippen LogP contribution in [0.5, 0.6) is 11.5 Å². The van der Waals surface area contributed by atoms with Crippen LogP contribution in [0.2, 0.25) is 0 Å². The van der Waals surface area contributed by atoms with Crippen molar-refractivity contribution in [2.45, 2.75) is 13.5 Å². The van der Waals surface area contributed by atoms with E-state index in [1.165, 1.54) is 0 Å². The van der Waals surface area contributed by atoms with Gasteiger partial charge < -0.3 is 15.2 Å². The van der Waals surface area contributed by atoms with Crippen LogP contribution in [0.25, 0.3) is 0 Å². The van der Waals surface area contributed by atoms with Gasteiger partial charge in [0.2, 0.25) is 0 Å². The molecule has 1 aromatic carbocycles. The average molecular weight is 260 g/mol. The Hall–Kier alpha value is -0.740. The first kappa shape index (κ1) is 11.3. The molecule has 0 bridgehead atoms. The monoisotopic (exact) mass is 259 g/mol. The number of hydrogen-bond acceptors (Lipinski definition) is 3. The van der Waals surface area contributed by atoms with Crippen molar-refractivity contribution in [2.24, 2.45) is 5.73 Å². The maximum atomic E-state index is 5.64. The predicted octanol–water partition coefficient (Wildman–Crippen LogP) is 2.23. The molecular formula is C10H14BrNO2. The first-order valence-corrected chi connectivity index (χ1v) is 5.05. The van der Waals surface area contributed by atoms with E-state index in [0.717, 1.165) is 21.3 Å². The van der Waals surface area contributed by atoms with Gasteiger partial charge in [0.15, 0.2) is 11.5 Å². The Balaban J connectivity index is 3.39. The molecule has 1 aromatic rings. The fraction of sp³-hybridized carbons (Fsp3) is 0.400. The first-order chi connectivity index (χ1) is 6.65. The average Bonchev–Trinajstić information content (AvgIpc) is 2.17. The molecule has 4 heteroatoms. The van der Waals surface area contributed by atoms with Crippen LogP contribution in [0.4, 0.5) is 0 Å². The van der Waals surface area contributed by atoms with Gasteiger partial charge in [0, 0.05) is 16.6 Å². The third-order valence-electron chi connectivity index (χ3n) is 2.19. The Bertz CT molecular complexity index is 339. The highest BCUT2D eigenvalue weighted by Crippen LogP contribution is 2.37. The van der Waals surface area contributed by atoms with Gasteiger partial charge >= 0.3 is 0 Å². The maximum Gasteiger partial charge on any atom is 0.164 e. The highest BCUT2D eigenvalue weighted by Gasteiger charge is 2.13. The van der Waals surface area contributed by atoms with Crippen LogP contribution in [0, 0.1) is 6.92 Å². The topological polar surface area (TPSA) is 44.5 Å². The largest absolute Gasteiger partial charge is 0.493 e. The molecule has 0 radical (unpaired) electrons. The van der Waals surface area contributed by atoms with Crippen molar-refractivity contribution in [2.75, 3.05) is 14.2 Å². The zero-order valence-electron chi connectivity index (χ0n) is 8.56. The number of hydrogen-bond donors (Lipinski definition) is 1. The summed E-state index contributed by atoms with van der Waals surface area (Å²) in [6.07, 6.45) is 0. The van der Waals surface area contributed by atoms with Crippen LogP contribution < -0.4 is 15.2 Å². The third-order valence-corrected chi connectivity index (χ3v) is 2.90. The van der Waals surface area contributed by atoms with E-state index in [1.54, 1.807) is 14.2 Å². The van der Waals surface area contributed by atoms with E-state index in [-0.39, 0.29) is 0 Å². The maximum absolute atomic E-state index is 5.64. The number of ether oxygens (including phenoxy) is 2. The lowest BCUT2D eigenvalue weighted by atomic mass is 10.1. The van der Waals surface area contributed by atoms with E-state index in [4.69, 9.17) is 15.2 Å². The molecular weight excluding hydrogens is 246 g/mol. The van der Waals surface area contributed by atoms with Crippen molar-refractivity contribution in [3.63, 3.8) is 0 Å². The summed E-state index contributed by atoms with van der Waals surface area (Å²) < 4.78 is 11.4. The lowest BCUT2D eigenvalue weighted by molar-refractivity contribution is 0.352. The molecule has 0 saturated heterocycles. The molecule has 0 aliphatic rings. The molecule has 3 nitrogen and oxygen atoms in total. The summed E-state index contributed by atoms with van der Waals surface area (Å²) in [5.74, 6) is 1.46. The van der Waals surface area contributed by atoms with E-state index >= 15 is 0 Å². The quantitative estimate of drug-likeness (QED) is 0.906. The van der Waals surface area contributed by atoms with Gasteiger partial charge in [0.05, 0.1) is 14.2 Å². The zero-order chi connectivity index (χ0) is 10.7. The molecule has 0 aliphatic heterocycles. The fourth-order valence-corrected chi connectivity index (χ4v) is 2.09. The summed E-state index contributed by atoms with van der Waals surface area (Å²) in [6, 6.07) is 1.87. The summed E-state index contributed by atoms with van der Waals surface area (Å²) in [4.78, 5) is 0. The molecule has 78 valence electrons. The smallest absolute Gasteiger partial charge is 0.164 e. The van der Waals surface area contributed by atoms with Gasteiger partial charge in [-0.15, -0.1) is 0 Å². The SMILES string of the molecule is COc1cc(Br)c(CN)c(C)c1OC. The summed E-state index contributed by atoms with van der Waals surface area (Å²) in [5, 5.41) is 0. The second kappa shape index (κ2) is 4.66. The zero-order valence-corrected chi connectivity index (χ0v) is 10.1. The number of rotatable bonds is 3. The van der Waals surface area contributed by atoms with Gasteiger partial charge in [-0.25, -0.2) is 0 Å². The fourth-order valence-electron chi connectivity index (χ4n) is 1.42. The summed E-state index contributed by atoms with van der Waals surface area (Å²) in [6.45, 7) is 2.45. The first-order valence-electron chi connectivity index (χ1n) is 4.25. The van der Waals surface area contributed by atoms with E-state index in [0.29, 0.717) is 12.3 Å². The Morgan fingerprint density at radius 2 is 2.00 bits per heavy atom. The summed E-state index contributed by atoms with van der Waals surface area (Å²) in [7, 11) is 3.24. The molecule has 0 atom stereocenters. The van der Waals surface area contributed by atoms with E-state index in [2.05, 4.69) is 15.9 Å². The van der Waals surface area contributed by atoms with Crippen molar-refractivity contribution in [3.8, 4) is 11.5 Å². The van der Waals surface area contributed by atoms with Gasteiger partial charge in [0.25, 0.3) is 0 Å². The molecule has 0 heterocycles. The van der Waals surface area contributed by atoms with Crippen LogP contribution in [-0.2, 0) is 6.54 Å². The molecule has 0 fully saturated rings. The van der Waals surface area contributed by atoms with E-state index in [1.807, 2.05) is 13.0 Å². The van der Waals surface area contributed by atoms with E-state index in [9.17, 15) is 0 Å². The molecule has 0 spiro atoms. The molecule has 0 amide bonds. The second-order valence-corrected chi connectivity index (χ2v) is 3.76. The minimum atomic E-state index is 0.479. The van der Waals surface area contributed by atoms with Crippen molar-refractivity contribution < 1.29 is 9.47 Å². The molecule has 0 aromatic heterocycles. The highest BCUT2D eigenvalue weighted by molar-refractivity contribution is 9.10. The van der Waals surface area contributed by atoms with Crippen LogP contribution in [0.3, 0.4) is 0 Å². The van der Waals surface area contributed by atoms with Gasteiger partial charge in [0.1, 0.15) is 0 Å². The normalized spacial score (nSPS) is 10.1. The Labute approximate surface area is 92.3 Å². The van der Waals surface area contributed by atoms with Crippen molar-refractivity contribution in [3.05, 3.63) is 21.7 Å². The Morgan fingerprint density at radius 1 is 1.36 bits per heavy atom. The minimum Gasteiger partial charge on any atom is -0.493 e. The lowest BCUT2D eigenvalue weighted by Crippen LogP contribution is -2.03. The molecule has 0 saturated carbocycles. The minimum absolute atomic E-state index is 0.479. The number of nitrogens with two attached hydrogens (primary N) is 1. The molecule has 2 N–H and O–H groups in total. The lowest BCUT2D eigenvalue weighted by Gasteiger charge is -2.15. The van der Waals surface area contributed by atoms with Crippen LogP contribution in [0.1, 0.15) is 11.1 Å². The second-order valence-electron chi connectivity index (χ2n) is 2.90. The molecule has 14 heavy (non-hydrogen) atoms. The van der Waals surface area contributed by atoms with Crippen molar-refractivity contribution in [1.29, 1.82) is 0 Å². The van der Waals surface area contributed by atoms with Gasteiger partial charge in [-0.3, -0.25) is 0 Å². The predicted molar refractivity (Wildman–Crippen MR) is 59.9 cm³/mol. The Morgan fingerprint density at radius 3 is 2.43 bits per heavy atom. The number of benzene rings is 1. The molecule has 0 unspecified atom stereocenters. The molecule has 1 rings (SSSR count). The van der Waals surface area contributed by atoms with Crippen LogP contribution in [0.15, 0.2) is 10.5 Å². The van der Waals surface area contributed by atoms with E-state index < -0.39 is 0 Å². The number of halogens is 1. The van der Waals surface area contributed by atoms with Gasteiger partial charge in [-0.2, -0.15) is 0 Å². The third kappa shape index (κ3) is 1.86. The van der Waals surface area contributed by atoms with Crippen LogP contribution in [-0.4, -0.2) is 14.2 Å². The standard InChI is InChI=1S/C10H14BrNO2/c1-6-7(5-12)8(11)4-9(13-2)10(6)14-3/h4H,5,12H2,1-3H3. The highest BCUT2D eigenvalue weighted by atomic mass is 79.9. The van der Waals surface area contributed by atoms with Crippen molar-refractivity contribution >= 4 is 15.9 Å².